The second kappa shape index (κ2) is 4.81. The van der Waals surface area contributed by atoms with Gasteiger partial charge in [0, 0.05) is 13.2 Å². The highest BCUT2D eigenvalue weighted by Crippen LogP contribution is 2.16. The third kappa shape index (κ3) is 2.38. The number of aryl methyl sites for hydroxylation is 1. The molecule has 2 rings (SSSR count). The van der Waals surface area contributed by atoms with Crippen LogP contribution in [-0.2, 0) is 11.8 Å². The molecule has 0 radical (unpaired) electrons. The molecular formula is C11H14ClN5O. The van der Waals surface area contributed by atoms with Gasteiger partial charge in [0.15, 0.2) is 0 Å². The second-order valence-electron chi connectivity index (χ2n) is 4.07. The molecule has 0 saturated carbocycles. The van der Waals surface area contributed by atoms with E-state index in [1.165, 1.54) is 10.9 Å². The minimum atomic E-state index is -0.433. The van der Waals surface area contributed by atoms with Crippen molar-refractivity contribution < 1.29 is 4.79 Å². The zero-order chi connectivity index (χ0) is 13.3. The topological polar surface area (TPSA) is 64.7 Å². The fraction of sp³-hybridized carbons (Fsp3) is 0.364. The van der Waals surface area contributed by atoms with Crippen LogP contribution in [0.2, 0.25) is 5.02 Å². The molecule has 0 aliphatic rings. The van der Waals surface area contributed by atoms with E-state index in [1.54, 1.807) is 24.0 Å². The molecule has 0 bridgehead atoms. The van der Waals surface area contributed by atoms with Crippen LogP contribution in [0.1, 0.15) is 18.7 Å². The third-order valence-electron chi connectivity index (χ3n) is 2.84. The summed E-state index contributed by atoms with van der Waals surface area (Å²) in [5, 5.41) is 11.4. The summed E-state index contributed by atoms with van der Waals surface area (Å²) in [5.41, 5.74) is 1.60. The Morgan fingerprint density at radius 2 is 2.17 bits per heavy atom. The van der Waals surface area contributed by atoms with Gasteiger partial charge < -0.3 is 5.32 Å². The molecule has 0 aliphatic carbocycles. The van der Waals surface area contributed by atoms with Crippen LogP contribution in [0.5, 0.6) is 0 Å². The SMILES string of the molecule is Cc1c(NC(=O)C(C)n2cc(Cl)cn2)cnn1C. The lowest BCUT2D eigenvalue weighted by Crippen LogP contribution is -2.24. The summed E-state index contributed by atoms with van der Waals surface area (Å²) >= 11 is 5.77. The first-order valence-corrected chi connectivity index (χ1v) is 5.86. The van der Waals surface area contributed by atoms with Crippen molar-refractivity contribution in [1.29, 1.82) is 0 Å². The number of hydrogen-bond donors (Lipinski definition) is 1. The van der Waals surface area contributed by atoms with Gasteiger partial charge in [0.1, 0.15) is 6.04 Å². The average Bonchev–Trinajstić information content (AvgIpc) is 2.89. The van der Waals surface area contributed by atoms with Crippen LogP contribution in [-0.4, -0.2) is 25.5 Å². The van der Waals surface area contributed by atoms with Crippen LogP contribution in [0.4, 0.5) is 5.69 Å². The van der Waals surface area contributed by atoms with E-state index in [4.69, 9.17) is 11.6 Å². The Morgan fingerprint density at radius 3 is 2.67 bits per heavy atom. The van der Waals surface area contributed by atoms with Crippen molar-refractivity contribution in [2.45, 2.75) is 19.9 Å². The van der Waals surface area contributed by atoms with Crippen molar-refractivity contribution >= 4 is 23.2 Å². The van der Waals surface area contributed by atoms with Gasteiger partial charge in [0.25, 0.3) is 0 Å². The molecule has 0 aromatic carbocycles. The zero-order valence-corrected chi connectivity index (χ0v) is 11.1. The predicted octanol–water partition coefficient (Wildman–Crippen LogP) is 1.78. The summed E-state index contributed by atoms with van der Waals surface area (Å²) in [6.07, 6.45) is 4.73. The Labute approximate surface area is 110 Å². The van der Waals surface area contributed by atoms with Gasteiger partial charge in [-0.15, -0.1) is 0 Å². The van der Waals surface area contributed by atoms with E-state index in [9.17, 15) is 4.79 Å². The van der Waals surface area contributed by atoms with Gasteiger partial charge in [-0.2, -0.15) is 10.2 Å². The van der Waals surface area contributed by atoms with Crippen molar-refractivity contribution in [3.63, 3.8) is 0 Å². The summed E-state index contributed by atoms with van der Waals surface area (Å²) in [6.45, 7) is 3.64. The minimum absolute atomic E-state index is 0.161. The fourth-order valence-electron chi connectivity index (χ4n) is 1.51. The summed E-state index contributed by atoms with van der Waals surface area (Å²) in [6, 6.07) is -0.433. The van der Waals surface area contributed by atoms with Crippen LogP contribution in [0.3, 0.4) is 0 Å². The predicted molar refractivity (Wildman–Crippen MR) is 68.5 cm³/mol. The van der Waals surface area contributed by atoms with Gasteiger partial charge in [-0.3, -0.25) is 14.2 Å². The van der Waals surface area contributed by atoms with Gasteiger partial charge >= 0.3 is 0 Å². The van der Waals surface area contributed by atoms with Crippen molar-refractivity contribution in [3.8, 4) is 0 Å². The van der Waals surface area contributed by atoms with Crippen LogP contribution >= 0.6 is 11.6 Å². The Hall–Kier alpha value is -1.82. The molecule has 0 aliphatic heterocycles. The summed E-state index contributed by atoms with van der Waals surface area (Å²) in [4.78, 5) is 12.0. The van der Waals surface area contributed by atoms with E-state index in [-0.39, 0.29) is 5.91 Å². The standard InChI is InChI=1S/C11H14ClN5O/c1-7-10(5-13-16(7)3)15-11(18)8(2)17-6-9(12)4-14-17/h4-6,8H,1-3H3,(H,15,18). The number of aromatic nitrogens is 4. The number of nitrogens with zero attached hydrogens (tertiary/aromatic N) is 4. The van der Waals surface area contributed by atoms with Crippen molar-refractivity contribution in [3.05, 3.63) is 29.3 Å². The quantitative estimate of drug-likeness (QED) is 0.922. The molecule has 0 saturated heterocycles. The maximum absolute atomic E-state index is 12.0. The zero-order valence-electron chi connectivity index (χ0n) is 10.4. The molecule has 2 heterocycles. The number of carbonyl (C=O) groups excluding carboxylic acids is 1. The minimum Gasteiger partial charge on any atom is -0.321 e. The molecule has 0 spiro atoms. The lowest BCUT2D eigenvalue weighted by Gasteiger charge is -2.12. The van der Waals surface area contributed by atoms with E-state index in [0.717, 1.165) is 5.69 Å². The fourth-order valence-corrected chi connectivity index (χ4v) is 1.65. The maximum Gasteiger partial charge on any atom is 0.249 e. The highest BCUT2D eigenvalue weighted by Gasteiger charge is 2.17. The van der Waals surface area contributed by atoms with E-state index < -0.39 is 6.04 Å². The van der Waals surface area contributed by atoms with Crippen LogP contribution in [0, 0.1) is 6.92 Å². The van der Waals surface area contributed by atoms with E-state index in [1.807, 2.05) is 14.0 Å². The number of rotatable bonds is 3. The molecule has 1 N–H and O–H groups in total. The van der Waals surface area contributed by atoms with Gasteiger partial charge in [-0.1, -0.05) is 11.6 Å². The van der Waals surface area contributed by atoms with E-state index >= 15 is 0 Å². The third-order valence-corrected chi connectivity index (χ3v) is 3.03. The van der Waals surface area contributed by atoms with Gasteiger partial charge in [0.2, 0.25) is 5.91 Å². The Morgan fingerprint density at radius 1 is 1.44 bits per heavy atom. The number of amides is 1. The van der Waals surface area contributed by atoms with Crippen LogP contribution in [0.15, 0.2) is 18.6 Å². The smallest absolute Gasteiger partial charge is 0.249 e. The Balaban J connectivity index is 2.10. The van der Waals surface area contributed by atoms with Crippen molar-refractivity contribution in [2.75, 3.05) is 5.32 Å². The second-order valence-corrected chi connectivity index (χ2v) is 4.51. The monoisotopic (exact) mass is 267 g/mol. The number of nitrogens with one attached hydrogen (secondary N) is 1. The molecule has 7 heteroatoms. The lowest BCUT2D eigenvalue weighted by molar-refractivity contribution is -0.119. The molecule has 2 aromatic heterocycles. The number of halogens is 1. The summed E-state index contributed by atoms with van der Waals surface area (Å²) in [5.74, 6) is -0.161. The Bertz CT molecular complexity index is 574. The molecular weight excluding hydrogens is 254 g/mol. The maximum atomic E-state index is 12.0. The molecule has 0 fully saturated rings. The van der Waals surface area contributed by atoms with Crippen LogP contribution in [0.25, 0.3) is 0 Å². The molecule has 6 nitrogen and oxygen atoms in total. The largest absolute Gasteiger partial charge is 0.321 e. The Kier molecular flexibility index (Phi) is 3.38. The molecule has 1 amide bonds. The summed E-state index contributed by atoms with van der Waals surface area (Å²) in [7, 11) is 1.82. The number of anilines is 1. The van der Waals surface area contributed by atoms with E-state index in [0.29, 0.717) is 10.7 Å². The first kappa shape index (κ1) is 12.6. The first-order valence-electron chi connectivity index (χ1n) is 5.48. The molecule has 18 heavy (non-hydrogen) atoms. The van der Waals surface area contributed by atoms with Crippen LogP contribution < -0.4 is 5.32 Å². The van der Waals surface area contributed by atoms with Gasteiger partial charge in [-0.05, 0) is 13.8 Å². The first-order chi connectivity index (χ1) is 8.49. The lowest BCUT2D eigenvalue weighted by atomic mass is 10.3. The van der Waals surface area contributed by atoms with Crippen molar-refractivity contribution in [2.24, 2.45) is 7.05 Å². The van der Waals surface area contributed by atoms with Gasteiger partial charge in [-0.25, -0.2) is 0 Å². The molecule has 1 atom stereocenters. The number of carbonyl (C=O) groups is 1. The van der Waals surface area contributed by atoms with Gasteiger partial charge in [0.05, 0.1) is 28.8 Å². The number of hydrogen-bond acceptors (Lipinski definition) is 3. The highest BCUT2D eigenvalue weighted by atomic mass is 35.5. The summed E-state index contributed by atoms with van der Waals surface area (Å²) < 4.78 is 3.22. The normalized spacial score (nSPS) is 12.4. The molecule has 2 aromatic rings. The average molecular weight is 268 g/mol. The molecule has 96 valence electrons. The molecule has 1 unspecified atom stereocenters. The highest BCUT2D eigenvalue weighted by molar-refractivity contribution is 6.30. The van der Waals surface area contributed by atoms with Crippen molar-refractivity contribution in [1.82, 2.24) is 19.6 Å². The van der Waals surface area contributed by atoms with E-state index in [2.05, 4.69) is 15.5 Å².